The lowest BCUT2D eigenvalue weighted by molar-refractivity contribution is -0.140. The van der Waals surface area contributed by atoms with E-state index in [0.29, 0.717) is 21.8 Å². The molecule has 10 heteroatoms. The van der Waals surface area contributed by atoms with Crippen LogP contribution < -0.4 is 10.1 Å². The second-order valence-electron chi connectivity index (χ2n) is 6.01. The van der Waals surface area contributed by atoms with Crippen molar-refractivity contribution in [1.29, 1.82) is 0 Å². The van der Waals surface area contributed by atoms with E-state index in [0.717, 1.165) is 7.14 Å². The first-order valence-corrected chi connectivity index (χ1v) is 10.3. The summed E-state index contributed by atoms with van der Waals surface area (Å²) >= 11 is 4.17. The van der Waals surface area contributed by atoms with Crippen LogP contribution in [0.5, 0.6) is 5.75 Å². The van der Waals surface area contributed by atoms with E-state index < -0.39 is 24.5 Å². The molecular weight excluding hydrogens is 609 g/mol. The highest BCUT2D eigenvalue weighted by molar-refractivity contribution is 14.1. The fourth-order valence-corrected chi connectivity index (χ4v) is 4.73. The molecule has 1 fully saturated rings. The van der Waals surface area contributed by atoms with Crippen molar-refractivity contribution in [2.24, 2.45) is 0 Å². The standard InChI is InChI=1S/C19H13FI2N2O5/c20-12-3-1-2-10(4-12)9-29-17-13(21)5-11(6-14(17)22)7-15-18(27)24(8-16(25)26)19(28)23-15/h1-7H,8-9H2,(H,23,28)(H,25,26)/b15-7+. The van der Waals surface area contributed by atoms with Gasteiger partial charge in [0.05, 0.1) is 7.14 Å². The van der Waals surface area contributed by atoms with Gasteiger partial charge in [-0.2, -0.15) is 0 Å². The van der Waals surface area contributed by atoms with Crippen molar-refractivity contribution in [3.63, 3.8) is 0 Å². The Morgan fingerprint density at radius 1 is 1.21 bits per heavy atom. The highest BCUT2D eigenvalue weighted by Crippen LogP contribution is 2.31. The van der Waals surface area contributed by atoms with Crippen LogP contribution in [0.15, 0.2) is 42.1 Å². The average molecular weight is 622 g/mol. The molecular formula is C19H13FI2N2O5. The zero-order valence-corrected chi connectivity index (χ0v) is 18.9. The molecule has 0 spiro atoms. The van der Waals surface area contributed by atoms with Gasteiger partial charge in [-0.1, -0.05) is 12.1 Å². The Kier molecular flexibility index (Phi) is 6.72. The summed E-state index contributed by atoms with van der Waals surface area (Å²) in [5.74, 6) is -1.70. The van der Waals surface area contributed by atoms with Crippen molar-refractivity contribution in [3.05, 3.63) is 66.2 Å². The molecule has 1 heterocycles. The van der Waals surface area contributed by atoms with Crippen LogP contribution in [0.3, 0.4) is 0 Å². The van der Waals surface area contributed by atoms with Gasteiger partial charge in [-0.3, -0.25) is 9.59 Å². The van der Waals surface area contributed by atoms with E-state index in [1.807, 2.05) is 0 Å². The van der Waals surface area contributed by atoms with Crippen LogP contribution in [0, 0.1) is 13.0 Å². The molecule has 29 heavy (non-hydrogen) atoms. The summed E-state index contributed by atoms with van der Waals surface area (Å²) in [6.45, 7) is -0.507. The van der Waals surface area contributed by atoms with Crippen molar-refractivity contribution in [3.8, 4) is 5.75 Å². The maximum absolute atomic E-state index is 13.3. The molecule has 150 valence electrons. The van der Waals surface area contributed by atoms with Gasteiger partial charge in [-0.25, -0.2) is 14.1 Å². The summed E-state index contributed by atoms with van der Waals surface area (Å²) in [6.07, 6.45) is 1.47. The molecule has 7 nitrogen and oxygen atoms in total. The lowest BCUT2D eigenvalue weighted by Gasteiger charge is -2.12. The third-order valence-corrected chi connectivity index (χ3v) is 5.46. The molecule has 0 saturated carbocycles. The molecule has 0 atom stereocenters. The molecule has 0 bridgehead atoms. The predicted octanol–water partition coefficient (Wildman–Crippen LogP) is 3.59. The number of aliphatic carboxylic acids is 1. The molecule has 1 aliphatic rings. The summed E-state index contributed by atoms with van der Waals surface area (Å²) in [5, 5.41) is 11.2. The number of rotatable bonds is 6. The van der Waals surface area contributed by atoms with Gasteiger partial charge >= 0.3 is 12.0 Å². The Labute approximate surface area is 192 Å². The third kappa shape index (κ3) is 5.23. The zero-order valence-electron chi connectivity index (χ0n) is 14.6. The number of nitrogens with zero attached hydrogens (tertiary/aromatic N) is 1. The minimum absolute atomic E-state index is 0.00345. The number of carboxylic acids is 1. The van der Waals surface area contributed by atoms with Crippen LogP contribution in [-0.4, -0.2) is 34.5 Å². The Balaban J connectivity index is 1.78. The van der Waals surface area contributed by atoms with Crippen LogP contribution in [-0.2, 0) is 16.2 Å². The number of benzene rings is 2. The smallest absolute Gasteiger partial charge is 0.329 e. The molecule has 0 aromatic heterocycles. The summed E-state index contributed by atoms with van der Waals surface area (Å²) < 4.78 is 20.6. The molecule has 3 rings (SSSR count). The van der Waals surface area contributed by atoms with E-state index in [1.165, 1.54) is 18.2 Å². The monoisotopic (exact) mass is 622 g/mol. The Morgan fingerprint density at radius 2 is 1.90 bits per heavy atom. The zero-order chi connectivity index (χ0) is 21.1. The van der Waals surface area contributed by atoms with Crippen LogP contribution in [0.1, 0.15) is 11.1 Å². The van der Waals surface area contributed by atoms with Crippen LogP contribution in [0.4, 0.5) is 9.18 Å². The summed E-state index contributed by atoms with van der Waals surface area (Å²) in [5.41, 5.74) is 1.33. The normalized spacial score (nSPS) is 15.0. The van der Waals surface area contributed by atoms with E-state index in [-0.39, 0.29) is 18.1 Å². The Bertz CT molecular complexity index is 1020. The van der Waals surface area contributed by atoms with E-state index in [4.69, 9.17) is 9.84 Å². The van der Waals surface area contributed by atoms with Crippen molar-refractivity contribution in [1.82, 2.24) is 10.2 Å². The van der Waals surface area contributed by atoms with E-state index in [2.05, 4.69) is 50.5 Å². The minimum atomic E-state index is -1.28. The minimum Gasteiger partial charge on any atom is -0.487 e. The lowest BCUT2D eigenvalue weighted by Crippen LogP contribution is -2.35. The molecule has 0 unspecified atom stereocenters. The summed E-state index contributed by atoms with van der Waals surface area (Å²) in [6, 6.07) is 8.88. The van der Waals surface area contributed by atoms with Crippen molar-refractivity contribution >= 4 is 69.2 Å². The number of halogens is 3. The molecule has 3 amide bonds. The number of urea groups is 1. The number of carbonyl (C=O) groups is 3. The molecule has 2 aromatic carbocycles. The van der Waals surface area contributed by atoms with Crippen LogP contribution in [0.25, 0.3) is 6.08 Å². The number of hydrogen-bond donors (Lipinski definition) is 2. The number of carbonyl (C=O) groups excluding carboxylic acids is 2. The predicted molar refractivity (Wildman–Crippen MR) is 118 cm³/mol. The van der Waals surface area contributed by atoms with Gasteiger partial charge in [0.15, 0.2) is 0 Å². The number of hydrogen-bond acceptors (Lipinski definition) is 4. The first-order chi connectivity index (χ1) is 13.7. The molecule has 1 aliphatic heterocycles. The quantitative estimate of drug-likeness (QED) is 0.292. The van der Waals surface area contributed by atoms with E-state index in [1.54, 1.807) is 24.3 Å². The fourth-order valence-electron chi connectivity index (χ4n) is 2.60. The second-order valence-corrected chi connectivity index (χ2v) is 8.33. The molecule has 2 aromatic rings. The van der Waals surface area contributed by atoms with Gasteiger partial charge in [-0.05, 0) is 86.7 Å². The molecule has 0 aliphatic carbocycles. The largest absolute Gasteiger partial charge is 0.487 e. The third-order valence-electron chi connectivity index (χ3n) is 3.86. The van der Waals surface area contributed by atoms with Crippen molar-refractivity contribution in [2.45, 2.75) is 6.61 Å². The maximum atomic E-state index is 13.3. The van der Waals surface area contributed by atoms with Gasteiger partial charge in [0.25, 0.3) is 5.91 Å². The number of imide groups is 1. The van der Waals surface area contributed by atoms with E-state index >= 15 is 0 Å². The second kappa shape index (κ2) is 9.07. The highest BCUT2D eigenvalue weighted by atomic mass is 127. The van der Waals surface area contributed by atoms with Crippen LogP contribution in [0.2, 0.25) is 0 Å². The van der Waals surface area contributed by atoms with Crippen molar-refractivity contribution < 1.29 is 28.6 Å². The number of nitrogens with one attached hydrogen (secondary N) is 1. The summed E-state index contributed by atoms with van der Waals surface area (Å²) in [7, 11) is 0. The molecule has 0 radical (unpaired) electrons. The van der Waals surface area contributed by atoms with Gasteiger partial charge < -0.3 is 15.2 Å². The molecule has 2 N–H and O–H groups in total. The highest BCUT2D eigenvalue weighted by Gasteiger charge is 2.34. The Hall–Kier alpha value is -2.22. The number of amides is 3. The average Bonchev–Trinajstić information content (AvgIpc) is 2.88. The first kappa shape index (κ1) is 21.5. The van der Waals surface area contributed by atoms with Gasteiger partial charge in [0, 0.05) is 0 Å². The van der Waals surface area contributed by atoms with Gasteiger partial charge in [0.2, 0.25) is 0 Å². The topological polar surface area (TPSA) is 95.9 Å². The fraction of sp³-hybridized carbons (Fsp3) is 0.105. The first-order valence-electron chi connectivity index (χ1n) is 8.17. The van der Waals surface area contributed by atoms with Crippen LogP contribution >= 0.6 is 45.2 Å². The van der Waals surface area contributed by atoms with Crippen molar-refractivity contribution in [2.75, 3.05) is 6.54 Å². The maximum Gasteiger partial charge on any atom is 0.329 e. The summed E-state index contributed by atoms with van der Waals surface area (Å²) in [4.78, 5) is 35.4. The van der Waals surface area contributed by atoms with Gasteiger partial charge in [-0.15, -0.1) is 0 Å². The SMILES string of the molecule is O=C(O)CN1C(=O)N/C(=C/c2cc(I)c(OCc3cccc(F)c3)c(I)c2)C1=O. The van der Waals surface area contributed by atoms with Gasteiger partial charge in [0.1, 0.15) is 30.4 Å². The van der Waals surface area contributed by atoms with E-state index in [9.17, 15) is 18.8 Å². The number of carboxylic acid groups (broad SMARTS) is 1. The molecule has 1 saturated heterocycles. The lowest BCUT2D eigenvalue weighted by atomic mass is 10.2. The number of ether oxygens (including phenoxy) is 1. The Morgan fingerprint density at radius 3 is 2.52 bits per heavy atom.